The van der Waals surface area contributed by atoms with Crippen LogP contribution in [0.3, 0.4) is 0 Å². The third kappa shape index (κ3) is 1.06. The molecule has 0 bridgehead atoms. The molecule has 2 aliphatic rings. The lowest BCUT2D eigenvalue weighted by atomic mass is 9.97. The normalized spacial score (nSPS) is 36.3. The first-order chi connectivity index (χ1) is 4.85. The molecule has 1 saturated heterocycles. The molecular weight excluding hydrogens is 126 g/mol. The summed E-state index contributed by atoms with van der Waals surface area (Å²) in [4.78, 5) is 0. The van der Waals surface area contributed by atoms with Gasteiger partial charge >= 0.3 is 0 Å². The van der Waals surface area contributed by atoms with E-state index in [-0.39, 0.29) is 0 Å². The summed E-state index contributed by atoms with van der Waals surface area (Å²) < 4.78 is 0. The Labute approximate surface area is 61.6 Å². The molecule has 58 valence electrons. The van der Waals surface area contributed by atoms with Gasteiger partial charge in [0.1, 0.15) is 0 Å². The molecule has 1 atom stereocenters. The zero-order valence-electron chi connectivity index (χ0n) is 6.27. The largest absolute Gasteiger partial charge is 0.395 e. The van der Waals surface area contributed by atoms with E-state index in [1.807, 2.05) is 0 Å². The molecule has 0 radical (unpaired) electrons. The van der Waals surface area contributed by atoms with Gasteiger partial charge in [-0.1, -0.05) is 0 Å². The Morgan fingerprint density at radius 2 is 2.20 bits per heavy atom. The minimum atomic E-state index is 0.321. The van der Waals surface area contributed by atoms with Crippen molar-refractivity contribution in [3.8, 4) is 0 Å². The van der Waals surface area contributed by atoms with Crippen LogP contribution >= 0.6 is 0 Å². The Morgan fingerprint density at radius 3 is 2.80 bits per heavy atom. The fraction of sp³-hybridized carbons (Fsp3) is 1.00. The Bertz CT molecular complexity index is 131. The van der Waals surface area contributed by atoms with Crippen molar-refractivity contribution in [1.29, 1.82) is 0 Å². The lowest BCUT2D eigenvalue weighted by Gasteiger charge is -2.29. The summed E-state index contributed by atoms with van der Waals surface area (Å²) in [6.07, 6.45) is 6.48. The molecule has 2 N–H and O–H groups in total. The molecule has 2 rings (SSSR count). The van der Waals surface area contributed by atoms with Gasteiger partial charge in [-0.25, -0.2) is 0 Å². The number of aliphatic hydroxyl groups excluding tert-OH is 1. The van der Waals surface area contributed by atoms with Crippen LogP contribution in [0.4, 0.5) is 0 Å². The average molecular weight is 141 g/mol. The molecular formula is C8H15NO. The Balaban J connectivity index is 1.91. The van der Waals surface area contributed by atoms with Gasteiger partial charge in [-0.15, -0.1) is 0 Å². The summed E-state index contributed by atoms with van der Waals surface area (Å²) in [5.41, 5.74) is 0.492. The predicted octanol–water partition coefficient (Wildman–Crippen LogP) is 0.653. The smallest absolute Gasteiger partial charge is 0.0584 e. The van der Waals surface area contributed by atoms with Gasteiger partial charge in [0.2, 0.25) is 0 Å². The first-order valence-corrected chi connectivity index (χ1v) is 4.23. The standard InChI is InChI=1S/C8H15NO/c10-6-7-2-1-3-8(9-7)4-5-8/h7,9-10H,1-6H2. The van der Waals surface area contributed by atoms with Crippen molar-refractivity contribution in [3.05, 3.63) is 0 Å². The van der Waals surface area contributed by atoms with Crippen LogP contribution in [0.15, 0.2) is 0 Å². The highest BCUT2D eigenvalue weighted by molar-refractivity contribution is 5.05. The summed E-state index contributed by atoms with van der Waals surface area (Å²) in [7, 11) is 0. The van der Waals surface area contributed by atoms with Crippen LogP contribution in [0.2, 0.25) is 0 Å². The maximum Gasteiger partial charge on any atom is 0.0584 e. The molecule has 0 aromatic rings. The van der Waals surface area contributed by atoms with E-state index < -0.39 is 0 Å². The molecule has 1 heterocycles. The summed E-state index contributed by atoms with van der Waals surface area (Å²) in [6.45, 7) is 0.321. The van der Waals surface area contributed by atoms with Crippen molar-refractivity contribution in [2.75, 3.05) is 6.61 Å². The molecule has 1 spiro atoms. The molecule has 0 amide bonds. The molecule has 1 unspecified atom stereocenters. The maximum atomic E-state index is 8.89. The van der Waals surface area contributed by atoms with Crippen LogP contribution in [0.25, 0.3) is 0 Å². The van der Waals surface area contributed by atoms with Gasteiger partial charge in [-0.2, -0.15) is 0 Å². The summed E-state index contributed by atoms with van der Waals surface area (Å²) in [5, 5.41) is 12.4. The Hall–Kier alpha value is -0.0800. The van der Waals surface area contributed by atoms with Crippen LogP contribution in [0.5, 0.6) is 0 Å². The maximum absolute atomic E-state index is 8.89. The van der Waals surface area contributed by atoms with Crippen molar-refractivity contribution >= 4 is 0 Å². The quantitative estimate of drug-likeness (QED) is 0.562. The second kappa shape index (κ2) is 2.21. The second-order valence-corrected chi connectivity index (χ2v) is 3.70. The van der Waals surface area contributed by atoms with Crippen LogP contribution in [-0.4, -0.2) is 23.3 Å². The van der Waals surface area contributed by atoms with Crippen molar-refractivity contribution in [1.82, 2.24) is 5.32 Å². The summed E-state index contributed by atoms with van der Waals surface area (Å²) >= 11 is 0. The van der Waals surface area contributed by atoms with Gasteiger partial charge in [0.15, 0.2) is 0 Å². The Kier molecular flexibility index (Phi) is 1.46. The molecule has 0 aromatic heterocycles. The SMILES string of the molecule is OCC1CCCC2(CC2)N1. The van der Waals surface area contributed by atoms with E-state index in [1.165, 1.54) is 25.7 Å². The fourth-order valence-electron chi connectivity index (χ4n) is 1.95. The highest BCUT2D eigenvalue weighted by Gasteiger charge is 2.45. The minimum absolute atomic E-state index is 0.321. The summed E-state index contributed by atoms with van der Waals surface area (Å²) in [6, 6.07) is 0.399. The Morgan fingerprint density at radius 1 is 1.40 bits per heavy atom. The molecule has 0 aromatic carbocycles. The molecule has 10 heavy (non-hydrogen) atoms. The third-order valence-corrected chi connectivity index (χ3v) is 2.79. The third-order valence-electron chi connectivity index (χ3n) is 2.79. The number of hydrogen-bond acceptors (Lipinski definition) is 2. The van der Waals surface area contributed by atoms with Gasteiger partial charge in [0.25, 0.3) is 0 Å². The van der Waals surface area contributed by atoms with Crippen LogP contribution in [-0.2, 0) is 0 Å². The zero-order valence-corrected chi connectivity index (χ0v) is 6.27. The van der Waals surface area contributed by atoms with E-state index in [9.17, 15) is 0 Å². The molecule has 1 aliphatic carbocycles. The van der Waals surface area contributed by atoms with Gasteiger partial charge < -0.3 is 10.4 Å². The van der Waals surface area contributed by atoms with E-state index in [4.69, 9.17) is 5.11 Å². The summed E-state index contributed by atoms with van der Waals surface area (Å²) in [5.74, 6) is 0. The van der Waals surface area contributed by atoms with Crippen molar-refractivity contribution in [2.24, 2.45) is 0 Å². The number of hydrogen-bond donors (Lipinski definition) is 2. The van der Waals surface area contributed by atoms with Crippen molar-refractivity contribution < 1.29 is 5.11 Å². The monoisotopic (exact) mass is 141 g/mol. The van der Waals surface area contributed by atoms with Gasteiger partial charge in [0, 0.05) is 11.6 Å². The molecule has 1 aliphatic heterocycles. The minimum Gasteiger partial charge on any atom is -0.395 e. The van der Waals surface area contributed by atoms with Crippen LogP contribution in [0.1, 0.15) is 32.1 Å². The van der Waals surface area contributed by atoms with E-state index >= 15 is 0 Å². The fourth-order valence-corrected chi connectivity index (χ4v) is 1.95. The van der Waals surface area contributed by atoms with E-state index in [0.717, 1.165) is 6.42 Å². The number of piperidine rings is 1. The zero-order chi connectivity index (χ0) is 7.03. The molecule has 2 fully saturated rings. The van der Waals surface area contributed by atoms with Crippen molar-refractivity contribution in [3.63, 3.8) is 0 Å². The molecule has 2 nitrogen and oxygen atoms in total. The second-order valence-electron chi connectivity index (χ2n) is 3.70. The van der Waals surface area contributed by atoms with Crippen LogP contribution in [0, 0.1) is 0 Å². The average Bonchev–Trinajstić information content (AvgIpc) is 2.70. The van der Waals surface area contributed by atoms with E-state index in [2.05, 4.69) is 5.32 Å². The molecule has 2 heteroatoms. The predicted molar refractivity (Wildman–Crippen MR) is 39.8 cm³/mol. The topological polar surface area (TPSA) is 32.3 Å². The highest BCUT2D eigenvalue weighted by atomic mass is 16.3. The van der Waals surface area contributed by atoms with E-state index in [1.54, 1.807) is 0 Å². The number of aliphatic hydroxyl groups is 1. The van der Waals surface area contributed by atoms with Gasteiger partial charge in [-0.3, -0.25) is 0 Å². The van der Waals surface area contributed by atoms with E-state index in [0.29, 0.717) is 18.2 Å². The van der Waals surface area contributed by atoms with Gasteiger partial charge in [0.05, 0.1) is 6.61 Å². The first-order valence-electron chi connectivity index (χ1n) is 4.23. The lowest BCUT2D eigenvalue weighted by Crippen LogP contribution is -2.45. The lowest BCUT2D eigenvalue weighted by molar-refractivity contribution is 0.191. The van der Waals surface area contributed by atoms with Crippen molar-refractivity contribution in [2.45, 2.75) is 43.7 Å². The first kappa shape index (κ1) is 6.62. The van der Waals surface area contributed by atoms with Gasteiger partial charge in [-0.05, 0) is 32.1 Å². The molecule has 1 saturated carbocycles. The number of nitrogens with one attached hydrogen (secondary N) is 1. The highest BCUT2D eigenvalue weighted by Crippen LogP contribution is 2.42. The number of rotatable bonds is 1. The van der Waals surface area contributed by atoms with Crippen LogP contribution < -0.4 is 5.32 Å².